The van der Waals surface area contributed by atoms with E-state index in [-0.39, 0.29) is 18.6 Å². The van der Waals surface area contributed by atoms with Gasteiger partial charge in [0.1, 0.15) is 23.4 Å². The number of anilines is 1. The summed E-state index contributed by atoms with van der Waals surface area (Å²) in [6, 6.07) is 9.88. The number of hydrogen-bond donors (Lipinski definition) is 1. The number of benzene rings is 2. The second-order valence-corrected chi connectivity index (χ2v) is 7.55. The van der Waals surface area contributed by atoms with Gasteiger partial charge < -0.3 is 19.5 Å². The first-order chi connectivity index (χ1) is 13.4. The zero-order valence-electron chi connectivity index (χ0n) is 17.3. The third kappa shape index (κ3) is 4.58. The molecule has 5 nitrogen and oxygen atoms in total. The van der Waals surface area contributed by atoms with Crippen molar-refractivity contribution in [3.8, 4) is 17.2 Å². The number of hydrogen-bond acceptors (Lipinski definition) is 4. The van der Waals surface area contributed by atoms with Gasteiger partial charge >= 0.3 is 0 Å². The van der Waals surface area contributed by atoms with E-state index >= 15 is 0 Å². The van der Waals surface area contributed by atoms with Crippen LogP contribution in [0.2, 0.25) is 0 Å². The van der Waals surface area contributed by atoms with E-state index in [1.54, 1.807) is 0 Å². The van der Waals surface area contributed by atoms with Crippen molar-refractivity contribution in [3.05, 3.63) is 47.0 Å². The number of amides is 1. The van der Waals surface area contributed by atoms with Crippen molar-refractivity contribution in [1.82, 2.24) is 0 Å². The standard InChI is InChI=1S/C23H29NO4/c1-6-26-22-11-17-10-16(5)28-20(17)12-19(22)24-23(25)13-27-21-9-15(4)7-8-18(21)14(2)3/h7-9,11-12,14,16H,6,10,13H2,1-5H3,(H,24,25). The van der Waals surface area contributed by atoms with Crippen LogP contribution < -0.4 is 19.5 Å². The fourth-order valence-electron chi connectivity index (χ4n) is 3.39. The van der Waals surface area contributed by atoms with Crippen LogP contribution in [0.5, 0.6) is 17.2 Å². The van der Waals surface area contributed by atoms with Gasteiger partial charge in [-0.2, -0.15) is 0 Å². The van der Waals surface area contributed by atoms with Crippen LogP contribution in [0.1, 0.15) is 50.3 Å². The van der Waals surface area contributed by atoms with Gasteiger partial charge in [-0.05, 0) is 49.9 Å². The molecule has 1 amide bonds. The molecule has 1 aliphatic heterocycles. The molecule has 0 spiro atoms. The first-order valence-electron chi connectivity index (χ1n) is 9.87. The summed E-state index contributed by atoms with van der Waals surface area (Å²) in [5, 5.41) is 2.90. The fraction of sp³-hybridized carbons (Fsp3) is 0.435. The molecule has 28 heavy (non-hydrogen) atoms. The summed E-state index contributed by atoms with van der Waals surface area (Å²) in [6.07, 6.45) is 0.979. The summed E-state index contributed by atoms with van der Waals surface area (Å²) in [7, 11) is 0. The van der Waals surface area contributed by atoms with Crippen LogP contribution in [0.3, 0.4) is 0 Å². The highest BCUT2D eigenvalue weighted by Gasteiger charge is 2.22. The highest BCUT2D eigenvalue weighted by molar-refractivity contribution is 5.93. The maximum atomic E-state index is 12.5. The van der Waals surface area contributed by atoms with Gasteiger partial charge in [-0.25, -0.2) is 0 Å². The van der Waals surface area contributed by atoms with Gasteiger partial charge in [0, 0.05) is 18.1 Å². The Morgan fingerprint density at radius 1 is 1.21 bits per heavy atom. The van der Waals surface area contributed by atoms with Gasteiger partial charge in [-0.3, -0.25) is 4.79 Å². The fourth-order valence-corrected chi connectivity index (χ4v) is 3.39. The molecule has 1 heterocycles. The first kappa shape index (κ1) is 20.1. The maximum Gasteiger partial charge on any atom is 0.262 e. The molecule has 0 fully saturated rings. The summed E-state index contributed by atoms with van der Waals surface area (Å²) in [6.45, 7) is 10.6. The minimum absolute atomic E-state index is 0.0664. The van der Waals surface area contributed by atoms with Crippen molar-refractivity contribution < 1.29 is 19.0 Å². The summed E-state index contributed by atoms with van der Waals surface area (Å²) in [5.41, 5.74) is 3.90. The largest absolute Gasteiger partial charge is 0.492 e. The summed E-state index contributed by atoms with van der Waals surface area (Å²) >= 11 is 0. The third-order valence-electron chi connectivity index (χ3n) is 4.72. The zero-order chi connectivity index (χ0) is 20.3. The minimum atomic E-state index is -0.233. The topological polar surface area (TPSA) is 56.8 Å². The Morgan fingerprint density at radius 3 is 2.71 bits per heavy atom. The van der Waals surface area contributed by atoms with Gasteiger partial charge in [0.2, 0.25) is 0 Å². The lowest BCUT2D eigenvalue weighted by molar-refractivity contribution is -0.118. The molecular formula is C23H29NO4. The molecule has 0 aliphatic carbocycles. The van der Waals surface area contributed by atoms with Crippen LogP contribution in [-0.4, -0.2) is 25.2 Å². The number of nitrogens with one attached hydrogen (secondary N) is 1. The van der Waals surface area contributed by atoms with E-state index in [4.69, 9.17) is 14.2 Å². The number of aryl methyl sites for hydroxylation is 1. The Balaban J connectivity index is 1.72. The zero-order valence-corrected chi connectivity index (χ0v) is 17.3. The predicted octanol–water partition coefficient (Wildman–Crippen LogP) is 4.86. The van der Waals surface area contributed by atoms with E-state index in [0.717, 1.165) is 34.6 Å². The van der Waals surface area contributed by atoms with Gasteiger partial charge in [0.25, 0.3) is 5.91 Å². The minimum Gasteiger partial charge on any atom is -0.492 e. The number of carbonyl (C=O) groups excluding carboxylic acids is 1. The van der Waals surface area contributed by atoms with Crippen molar-refractivity contribution in [3.63, 3.8) is 0 Å². The van der Waals surface area contributed by atoms with Gasteiger partial charge in [-0.1, -0.05) is 26.0 Å². The monoisotopic (exact) mass is 383 g/mol. The van der Waals surface area contributed by atoms with Crippen LogP contribution >= 0.6 is 0 Å². The Labute approximate surface area is 167 Å². The van der Waals surface area contributed by atoms with E-state index in [0.29, 0.717) is 24.0 Å². The number of rotatable bonds is 7. The van der Waals surface area contributed by atoms with Crippen LogP contribution in [0, 0.1) is 6.92 Å². The molecular weight excluding hydrogens is 354 g/mol. The molecule has 150 valence electrons. The molecule has 5 heteroatoms. The lowest BCUT2D eigenvalue weighted by Gasteiger charge is -2.16. The van der Waals surface area contributed by atoms with Crippen molar-refractivity contribution in [2.45, 2.75) is 53.1 Å². The van der Waals surface area contributed by atoms with E-state index < -0.39 is 0 Å². The summed E-state index contributed by atoms with van der Waals surface area (Å²) in [5.74, 6) is 2.29. The van der Waals surface area contributed by atoms with Crippen LogP contribution in [0.15, 0.2) is 30.3 Å². The Morgan fingerprint density at radius 2 is 2.00 bits per heavy atom. The Kier molecular flexibility index (Phi) is 6.12. The van der Waals surface area contributed by atoms with Crippen LogP contribution in [-0.2, 0) is 11.2 Å². The van der Waals surface area contributed by atoms with Crippen molar-refractivity contribution >= 4 is 11.6 Å². The molecule has 0 saturated heterocycles. The maximum absolute atomic E-state index is 12.5. The summed E-state index contributed by atoms with van der Waals surface area (Å²) in [4.78, 5) is 12.5. The molecule has 1 atom stereocenters. The van der Waals surface area contributed by atoms with E-state index in [1.165, 1.54) is 0 Å². The third-order valence-corrected chi connectivity index (χ3v) is 4.72. The highest BCUT2D eigenvalue weighted by atomic mass is 16.5. The molecule has 0 aromatic heterocycles. The number of ether oxygens (including phenoxy) is 3. The summed E-state index contributed by atoms with van der Waals surface area (Å²) < 4.78 is 17.4. The molecule has 2 aromatic carbocycles. The van der Waals surface area contributed by atoms with Crippen LogP contribution in [0.4, 0.5) is 5.69 Å². The van der Waals surface area contributed by atoms with Crippen LogP contribution in [0.25, 0.3) is 0 Å². The van der Waals surface area contributed by atoms with Crippen molar-refractivity contribution in [1.29, 1.82) is 0 Å². The Bertz CT molecular complexity index is 860. The quantitative estimate of drug-likeness (QED) is 0.742. The normalized spacial score (nSPS) is 15.1. The molecule has 1 N–H and O–H groups in total. The molecule has 2 aromatic rings. The SMILES string of the molecule is CCOc1cc2c(cc1NC(=O)COc1cc(C)ccc1C(C)C)OC(C)C2. The van der Waals surface area contributed by atoms with Gasteiger partial charge in [-0.15, -0.1) is 0 Å². The Hall–Kier alpha value is -2.69. The molecule has 0 saturated carbocycles. The van der Waals surface area contributed by atoms with E-state index in [9.17, 15) is 4.79 Å². The molecule has 0 radical (unpaired) electrons. The molecule has 3 rings (SSSR count). The van der Waals surface area contributed by atoms with Crippen molar-refractivity contribution in [2.75, 3.05) is 18.5 Å². The molecule has 0 bridgehead atoms. The lowest BCUT2D eigenvalue weighted by Crippen LogP contribution is -2.21. The predicted molar refractivity (Wildman–Crippen MR) is 111 cm³/mol. The second-order valence-electron chi connectivity index (χ2n) is 7.55. The lowest BCUT2D eigenvalue weighted by atomic mass is 10.0. The van der Waals surface area contributed by atoms with E-state index in [1.807, 2.05) is 39.0 Å². The average molecular weight is 383 g/mol. The smallest absolute Gasteiger partial charge is 0.262 e. The second kappa shape index (κ2) is 8.55. The molecule has 1 aliphatic rings. The number of fused-ring (bicyclic) bond motifs is 1. The first-order valence-corrected chi connectivity index (χ1v) is 9.87. The highest BCUT2D eigenvalue weighted by Crippen LogP contribution is 2.38. The number of carbonyl (C=O) groups is 1. The molecule has 1 unspecified atom stereocenters. The van der Waals surface area contributed by atoms with Crippen molar-refractivity contribution in [2.24, 2.45) is 0 Å². The average Bonchev–Trinajstić information content (AvgIpc) is 2.99. The van der Waals surface area contributed by atoms with E-state index in [2.05, 4.69) is 31.3 Å². The van der Waals surface area contributed by atoms with Gasteiger partial charge in [0.05, 0.1) is 12.3 Å². The van der Waals surface area contributed by atoms with Gasteiger partial charge in [0.15, 0.2) is 6.61 Å².